The lowest BCUT2D eigenvalue weighted by molar-refractivity contribution is -0.129. The van der Waals surface area contributed by atoms with Gasteiger partial charge in [0.25, 0.3) is 0 Å². The largest absolute Gasteiger partial charge is 0.476 e. The quantitative estimate of drug-likeness (QED) is 0.403. The van der Waals surface area contributed by atoms with E-state index in [1.54, 1.807) is 17.2 Å². The van der Waals surface area contributed by atoms with Gasteiger partial charge in [0.05, 0.1) is 6.54 Å². The van der Waals surface area contributed by atoms with Crippen molar-refractivity contribution in [1.82, 2.24) is 15.2 Å². The van der Waals surface area contributed by atoms with Crippen LogP contribution in [-0.2, 0) is 9.53 Å². The third-order valence-electron chi connectivity index (χ3n) is 3.06. The number of nitrogens with one attached hydrogen (secondary N) is 1. The number of ether oxygens (including phenoxy) is 2. The summed E-state index contributed by atoms with van der Waals surface area (Å²) in [7, 11) is 0. The molecule has 1 aromatic heterocycles. The summed E-state index contributed by atoms with van der Waals surface area (Å²) in [5.74, 6) is 0.465. The maximum absolute atomic E-state index is 11.5. The van der Waals surface area contributed by atoms with Gasteiger partial charge in [-0.05, 0) is 41.2 Å². The van der Waals surface area contributed by atoms with Crippen molar-refractivity contribution in [3.63, 3.8) is 0 Å². The molecule has 1 aromatic rings. The van der Waals surface area contributed by atoms with E-state index in [2.05, 4.69) is 32.9 Å². The minimum atomic E-state index is -0.551. The van der Waals surface area contributed by atoms with Crippen molar-refractivity contribution < 1.29 is 19.1 Å². The molecule has 0 saturated carbocycles. The predicted octanol–water partition coefficient (Wildman–Crippen LogP) is 1.58. The number of pyridine rings is 1. The molecule has 7 nitrogen and oxygen atoms in total. The third-order valence-corrected chi connectivity index (χ3v) is 3.70. The van der Waals surface area contributed by atoms with Crippen LogP contribution >= 0.6 is 22.6 Å². The van der Waals surface area contributed by atoms with Crippen LogP contribution in [0.25, 0.3) is 0 Å². The second-order valence-electron chi connectivity index (χ2n) is 4.77. The molecule has 2 rings (SSSR count). The number of nitrogens with zero attached hydrogens (tertiary/aromatic N) is 2. The molecule has 0 bridgehead atoms. The first kappa shape index (κ1) is 17.5. The zero-order chi connectivity index (χ0) is 16.5. The van der Waals surface area contributed by atoms with E-state index in [1.807, 2.05) is 6.07 Å². The lowest BCUT2D eigenvalue weighted by Gasteiger charge is -2.29. The van der Waals surface area contributed by atoms with Crippen LogP contribution < -0.4 is 10.1 Å². The minimum absolute atomic E-state index is 0.0429. The standard InChI is InChI=1S/C15H18IN3O4/c16-12-4-5-13(18-11-12)22-10-6-17-15(21)23-9-1-3-14(20)19-7-2-8-19/h1,3-5,11H,2,6-10H2,(H,17,21)/b3-1+. The normalized spacial score (nSPS) is 13.5. The highest BCUT2D eigenvalue weighted by Gasteiger charge is 2.17. The summed E-state index contributed by atoms with van der Waals surface area (Å²) < 4.78 is 11.3. The molecule has 2 heterocycles. The van der Waals surface area contributed by atoms with Crippen molar-refractivity contribution in [2.45, 2.75) is 6.42 Å². The van der Waals surface area contributed by atoms with E-state index in [0.29, 0.717) is 19.0 Å². The summed E-state index contributed by atoms with van der Waals surface area (Å²) in [6.07, 6.45) is 5.17. The maximum Gasteiger partial charge on any atom is 0.407 e. The average Bonchev–Trinajstić information content (AvgIpc) is 2.48. The van der Waals surface area contributed by atoms with Gasteiger partial charge in [0, 0.05) is 35.0 Å². The van der Waals surface area contributed by atoms with Crippen LogP contribution in [-0.4, -0.2) is 54.7 Å². The number of carbonyl (C=O) groups excluding carboxylic acids is 2. The Hall–Kier alpha value is -1.84. The fourth-order valence-electron chi connectivity index (χ4n) is 1.72. The van der Waals surface area contributed by atoms with Gasteiger partial charge in [-0.3, -0.25) is 4.79 Å². The molecule has 0 aliphatic carbocycles. The Morgan fingerprint density at radius 2 is 2.22 bits per heavy atom. The molecule has 23 heavy (non-hydrogen) atoms. The van der Waals surface area contributed by atoms with Gasteiger partial charge in [-0.1, -0.05) is 0 Å². The highest BCUT2D eigenvalue weighted by molar-refractivity contribution is 14.1. The number of carbonyl (C=O) groups is 2. The molecule has 0 unspecified atom stereocenters. The van der Waals surface area contributed by atoms with E-state index in [0.717, 1.165) is 23.1 Å². The van der Waals surface area contributed by atoms with E-state index in [1.165, 1.54) is 12.2 Å². The molecule has 1 aliphatic rings. The molecular formula is C15H18IN3O4. The van der Waals surface area contributed by atoms with Crippen LogP contribution in [0.3, 0.4) is 0 Å². The van der Waals surface area contributed by atoms with Crippen molar-refractivity contribution in [3.05, 3.63) is 34.1 Å². The van der Waals surface area contributed by atoms with E-state index < -0.39 is 6.09 Å². The number of likely N-dealkylation sites (tertiary alicyclic amines) is 1. The lowest BCUT2D eigenvalue weighted by Crippen LogP contribution is -2.41. The van der Waals surface area contributed by atoms with Crippen LogP contribution in [0.2, 0.25) is 0 Å². The predicted molar refractivity (Wildman–Crippen MR) is 92.1 cm³/mol. The first-order valence-corrected chi connectivity index (χ1v) is 8.33. The fourth-order valence-corrected chi connectivity index (χ4v) is 2.04. The Balaban J connectivity index is 1.52. The Labute approximate surface area is 148 Å². The molecule has 0 spiro atoms. The smallest absolute Gasteiger partial charge is 0.407 e. The van der Waals surface area contributed by atoms with E-state index >= 15 is 0 Å². The van der Waals surface area contributed by atoms with Gasteiger partial charge in [0.15, 0.2) is 0 Å². The minimum Gasteiger partial charge on any atom is -0.476 e. The molecule has 1 N–H and O–H groups in total. The van der Waals surface area contributed by atoms with E-state index in [4.69, 9.17) is 9.47 Å². The van der Waals surface area contributed by atoms with Gasteiger partial charge < -0.3 is 19.7 Å². The molecule has 0 radical (unpaired) electrons. The number of aromatic nitrogens is 1. The van der Waals surface area contributed by atoms with Crippen LogP contribution in [0.1, 0.15) is 6.42 Å². The number of alkyl carbamates (subject to hydrolysis) is 1. The molecule has 2 amide bonds. The van der Waals surface area contributed by atoms with E-state index in [9.17, 15) is 9.59 Å². The first-order chi connectivity index (χ1) is 11.1. The topological polar surface area (TPSA) is 80.8 Å². The summed E-state index contributed by atoms with van der Waals surface area (Å²) in [6, 6.07) is 3.65. The third kappa shape index (κ3) is 6.43. The van der Waals surface area contributed by atoms with Crippen molar-refractivity contribution in [2.75, 3.05) is 32.8 Å². The Kier molecular flexibility index (Phi) is 7.11. The molecule has 1 aliphatic heterocycles. The summed E-state index contributed by atoms with van der Waals surface area (Å²) >= 11 is 2.16. The Morgan fingerprint density at radius 3 is 2.87 bits per heavy atom. The monoisotopic (exact) mass is 431 g/mol. The van der Waals surface area contributed by atoms with Crippen molar-refractivity contribution >= 4 is 34.6 Å². The highest BCUT2D eigenvalue weighted by Crippen LogP contribution is 2.08. The number of hydrogen-bond donors (Lipinski definition) is 1. The van der Waals surface area contributed by atoms with Crippen LogP contribution in [0.5, 0.6) is 5.88 Å². The van der Waals surface area contributed by atoms with Crippen LogP contribution in [0, 0.1) is 3.57 Å². The Morgan fingerprint density at radius 1 is 1.39 bits per heavy atom. The van der Waals surface area contributed by atoms with Gasteiger partial charge in [-0.15, -0.1) is 0 Å². The molecular weight excluding hydrogens is 413 g/mol. The zero-order valence-electron chi connectivity index (χ0n) is 12.5. The van der Waals surface area contributed by atoms with Crippen molar-refractivity contribution in [1.29, 1.82) is 0 Å². The van der Waals surface area contributed by atoms with Gasteiger partial charge in [-0.2, -0.15) is 0 Å². The van der Waals surface area contributed by atoms with E-state index in [-0.39, 0.29) is 12.5 Å². The SMILES string of the molecule is O=C(NCCOc1ccc(I)cn1)OC/C=C/C(=O)N1CCC1. The van der Waals surface area contributed by atoms with Crippen molar-refractivity contribution in [3.8, 4) is 5.88 Å². The van der Waals surface area contributed by atoms with Gasteiger partial charge in [0.2, 0.25) is 11.8 Å². The number of amides is 2. The summed E-state index contributed by atoms with van der Waals surface area (Å²) in [5.41, 5.74) is 0. The summed E-state index contributed by atoms with van der Waals surface area (Å²) in [5, 5.41) is 2.55. The maximum atomic E-state index is 11.5. The molecule has 0 atom stereocenters. The lowest BCUT2D eigenvalue weighted by atomic mass is 10.2. The average molecular weight is 431 g/mol. The second-order valence-corrected chi connectivity index (χ2v) is 6.02. The van der Waals surface area contributed by atoms with Crippen LogP contribution in [0.15, 0.2) is 30.5 Å². The highest BCUT2D eigenvalue weighted by atomic mass is 127. The molecule has 0 aromatic carbocycles. The molecule has 1 saturated heterocycles. The fraction of sp³-hybridized carbons (Fsp3) is 0.400. The number of hydrogen-bond acceptors (Lipinski definition) is 5. The van der Waals surface area contributed by atoms with Gasteiger partial charge in [0.1, 0.15) is 13.2 Å². The molecule has 124 valence electrons. The molecule has 8 heteroatoms. The summed E-state index contributed by atoms with van der Waals surface area (Å²) in [6.45, 7) is 2.28. The van der Waals surface area contributed by atoms with Crippen molar-refractivity contribution in [2.24, 2.45) is 0 Å². The molecule has 1 fully saturated rings. The second kappa shape index (κ2) is 9.33. The number of halogens is 1. The number of rotatable bonds is 7. The first-order valence-electron chi connectivity index (χ1n) is 7.25. The zero-order valence-corrected chi connectivity index (χ0v) is 14.7. The van der Waals surface area contributed by atoms with Crippen LogP contribution in [0.4, 0.5) is 4.79 Å². The summed E-state index contributed by atoms with van der Waals surface area (Å²) in [4.78, 5) is 28.7. The van der Waals surface area contributed by atoms with Gasteiger partial charge >= 0.3 is 6.09 Å². The van der Waals surface area contributed by atoms with Gasteiger partial charge in [-0.25, -0.2) is 9.78 Å². The Bertz CT molecular complexity index is 558.